The normalized spacial score (nSPS) is 10.9. The molecule has 7 nitrogen and oxygen atoms in total. The first-order valence-electron chi connectivity index (χ1n) is 10.6. The molecule has 2 rings (SSSR count). The molecule has 0 saturated heterocycles. The van der Waals surface area contributed by atoms with E-state index in [1.807, 2.05) is 43.3 Å². The molecule has 2 N–H and O–H groups in total. The molecule has 0 saturated carbocycles. The van der Waals surface area contributed by atoms with E-state index in [0.29, 0.717) is 19.0 Å². The van der Waals surface area contributed by atoms with E-state index in [-0.39, 0.29) is 24.0 Å². The van der Waals surface area contributed by atoms with Gasteiger partial charge in [0.2, 0.25) is 5.88 Å². The summed E-state index contributed by atoms with van der Waals surface area (Å²) in [5, 5.41) is 6.63. The number of aromatic nitrogens is 1. The third-order valence-corrected chi connectivity index (χ3v) is 4.24. The van der Waals surface area contributed by atoms with Crippen molar-refractivity contribution in [1.82, 2.24) is 15.6 Å². The predicted octanol–water partition coefficient (Wildman–Crippen LogP) is 4.76. The topological polar surface area (TPSA) is 77.0 Å². The number of benzene rings is 1. The van der Waals surface area contributed by atoms with E-state index < -0.39 is 0 Å². The van der Waals surface area contributed by atoms with Crippen LogP contribution in [-0.2, 0) is 11.3 Å². The van der Waals surface area contributed by atoms with Gasteiger partial charge in [-0.25, -0.2) is 4.98 Å². The Morgan fingerprint density at radius 2 is 1.77 bits per heavy atom. The number of ether oxygens (including phenoxy) is 3. The first-order chi connectivity index (χ1) is 14.8. The molecule has 0 unspecified atom stereocenters. The van der Waals surface area contributed by atoms with Crippen molar-refractivity contribution in [2.45, 2.75) is 39.7 Å². The minimum atomic E-state index is 0. The Labute approximate surface area is 203 Å². The van der Waals surface area contributed by atoms with Gasteiger partial charge in [-0.3, -0.25) is 4.99 Å². The number of pyridine rings is 1. The smallest absolute Gasteiger partial charge is 0.224 e. The lowest BCUT2D eigenvalue weighted by molar-refractivity contribution is 0.143. The fraction of sp³-hybridized carbons (Fsp3) is 0.478. The van der Waals surface area contributed by atoms with Gasteiger partial charge < -0.3 is 24.8 Å². The van der Waals surface area contributed by atoms with Crippen LogP contribution in [0.4, 0.5) is 0 Å². The lowest BCUT2D eigenvalue weighted by Gasteiger charge is -2.14. The molecular formula is C23H35IN4O3. The number of aliphatic imine (C=N–C) groups is 1. The van der Waals surface area contributed by atoms with Crippen molar-refractivity contribution in [3.8, 4) is 17.4 Å². The zero-order valence-electron chi connectivity index (χ0n) is 18.7. The highest BCUT2D eigenvalue weighted by atomic mass is 127. The van der Waals surface area contributed by atoms with Gasteiger partial charge in [-0.05, 0) is 56.5 Å². The Hall–Kier alpha value is -2.07. The Kier molecular flexibility index (Phi) is 14.4. The van der Waals surface area contributed by atoms with Gasteiger partial charge in [-0.2, -0.15) is 0 Å². The molecule has 0 amide bonds. The van der Waals surface area contributed by atoms with E-state index in [1.165, 1.54) is 0 Å². The van der Waals surface area contributed by atoms with Crippen LogP contribution in [0.15, 0.2) is 47.6 Å². The maximum Gasteiger partial charge on any atom is 0.224 e. The first-order valence-corrected chi connectivity index (χ1v) is 10.6. The molecule has 8 heteroatoms. The monoisotopic (exact) mass is 542 g/mol. The number of halogens is 1. The zero-order chi connectivity index (χ0) is 21.4. The first kappa shape index (κ1) is 27.0. The number of nitrogens with one attached hydrogen (secondary N) is 2. The van der Waals surface area contributed by atoms with Crippen molar-refractivity contribution in [1.29, 1.82) is 0 Å². The number of guanidine groups is 1. The van der Waals surface area contributed by atoms with Crippen molar-refractivity contribution in [3.05, 3.63) is 48.2 Å². The molecule has 2 aromatic rings. The van der Waals surface area contributed by atoms with Crippen molar-refractivity contribution < 1.29 is 14.2 Å². The summed E-state index contributed by atoms with van der Waals surface area (Å²) >= 11 is 0. The van der Waals surface area contributed by atoms with Crippen molar-refractivity contribution in [2.75, 3.05) is 33.4 Å². The lowest BCUT2D eigenvalue weighted by Crippen LogP contribution is -2.37. The Morgan fingerprint density at radius 1 is 1.00 bits per heavy atom. The van der Waals surface area contributed by atoms with Crippen LogP contribution in [-0.4, -0.2) is 44.4 Å². The quantitative estimate of drug-likeness (QED) is 0.165. The molecule has 172 valence electrons. The van der Waals surface area contributed by atoms with Crippen LogP contribution in [0.3, 0.4) is 0 Å². The van der Waals surface area contributed by atoms with Gasteiger partial charge in [-0.1, -0.05) is 13.0 Å². The summed E-state index contributed by atoms with van der Waals surface area (Å²) in [5.74, 6) is 2.87. The van der Waals surface area contributed by atoms with Crippen LogP contribution in [0.2, 0.25) is 0 Å². The van der Waals surface area contributed by atoms with Crippen LogP contribution in [0.1, 0.15) is 38.7 Å². The fourth-order valence-corrected chi connectivity index (χ4v) is 2.67. The van der Waals surface area contributed by atoms with E-state index in [1.54, 1.807) is 13.2 Å². The van der Waals surface area contributed by atoms with Gasteiger partial charge in [0.25, 0.3) is 0 Å². The Balaban J connectivity index is 0.00000480. The number of rotatable bonds is 13. The highest BCUT2D eigenvalue weighted by Crippen LogP contribution is 2.25. The second-order valence-electron chi connectivity index (χ2n) is 6.65. The van der Waals surface area contributed by atoms with Gasteiger partial charge in [-0.15, -0.1) is 24.0 Å². The highest BCUT2D eigenvalue weighted by molar-refractivity contribution is 14.0. The average molecular weight is 542 g/mol. The van der Waals surface area contributed by atoms with Crippen LogP contribution in [0, 0.1) is 0 Å². The van der Waals surface area contributed by atoms with Crippen molar-refractivity contribution in [2.24, 2.45) is 4.99 Å². The second-order valence-corrected chi connectivity index (χ2v) is 6.65. The molecular weight excluding hydrogens is 507 g/mol. The third kappa shape index (κ3) is 10.7. The zero-order valence-corrected chi connectivity index (χ0v) is 21.1. The molecule has 1 aromatic heterocycles. The number of hydrogen-bond acceptors (Lipinski definition) is 5. The molecule has 0 spiro atoms. The summed E-state index contributed by atoms with van der Waals surface area (Å²) in [6.07, 6.45) is 4.76. The third-order valence-electron chi connectivity index (χ3n) is 4.24. The summed E-state index contributed by atoms with van der Waals surface area (Å²) in [6, 6.07) is 11.5. The predicted molar refractivity (Wildman–Crippen MR) is 136 cm³/mol. The maximum absolute atomic E-state index is 5.99. The minimum Gasteiger partial charge on any atom is -0.494 e. The van der Waals surface area contributed by atoms with Gasteiger partial charge in [0.1, 0.15) is 11.5 Å². The molecule has 0 atom stereocenters. The van der Waals surface area contributed by atoms with Gasteiger partial charge in [0, 0.05) is 45.1 Å². The second kappa shape index (κ2) is 16.6. The summed E-state index contributed by atoms with van der Waals surface area (Å²) in [7, 11) is 1.76. The van der Waals surface area contributed by atoms with E-state index >= 15 is 0 Å². The summed E-state index contributed by atoms with van der Waals surface area (Å²) in [6.45, 7) is 7.76. The van der Waals surface area contributed by atoms with E-state index in [2.05, 4.69) is 27.5 Å². The van der Waals surface area contributed by atoms with Crippen molar-refractivity contribution in [3.63, 3.8) is 0 Å². The molecule has 0 radical (unpaired) electrons. The van der Waals surface area contributed by atoms with Gasteiger partial charge in [0.05, 0.1) is 6.61 Å². The van der Waals surface area contributed by atoms with Crippen LogP contribution >= 0.6 is 24.0 Å². The van der Waals surface area contributed by atoms with Crippen LogP contribution in [0.25, 0.3) is 0 Å². The highest BCUT2D eigenvalue weighted by Gasteiger charge is 2.08. The van der Waals surface area contributed by atoms with Gasteiger partial charge in [0.15, 0.2) is 5.96 Å². The molecule has 0 fully saturated rings. The maximum atomic E-state index is 5.99. The SMILES string of the molecule is CCCOc1ccc(Oc2ncccc2CNC(=NC)NCCCCOCC)cc1.I. The molecule has 0 aliphatic heterocycles. The molecule has 0 bridgehead atoms. The van der Waals surface area contributed by atoms with E-state index in [9.17, 15) is 0 Å². The van der Waals surface area contributed by atoms with Gasteiger partial charge >= 0.3 is 0 Å². The standard InChI is InChI=1S/C23H34N4O3.HI/c1-4-16-29-20-10-12-21(13-11-20)30-22-19(9-8-15-25-22)18-27-23(24-3)26-14-6-7-17-28-5-2;/h8-13,15H,4-7,14,16-18H2,1-3H3,(H2,24,26,27);1H. The number of unbranched alkanes of at least 4 members (excludes halogenated alkanes) is 1. The summed E-state index contributed by atoms with van der Waals surface area (Å²) < 4.78 is 17.0. The molecule has 31 heavy (non-hydrogen) atoms. The van der Waals surface area contributed by atoms with Crippen LogP contribution < -0.4 is 20.1 Å². The van der Waals surface area contributed by atoms with Crippen LogP contribution in [0.5, 0.6) is 17.4 Å². The van der Waals surface area contributed by atoms with E-state index in [4.69, 9.17) is 14.2 Å². The molecule has 0 aliphatic rings. The Morgan fingerprint density at radius 3 is 2.48 bits per heavy atom. The number of hydrogen-bond donors (Lipinski definition) is 2. The summed E-state index contributed by atoms with van der Waals surface area (Å²) in [4.78, 5) is 8.66. The van der Waals surface area contributed by atoms with E-state index in [0.717, 1.165) is 62.0 Å². The summed E-state index contributed by atoms with van der Waals surface area (Å²) in [5.41, 5.74) is 0.947. The minimum absolute atomic E-state index is 0. The largest absolute Gasteiger partial charge is 0.494 e. The number of nitrogens with zero attached hydrogens (tertiary/aromatic N) is 2. The van der Waals surface area contributed by atoms with Crippen molar-refractivity contribution >= 4 is 29.9 Å². The molecule has 0 aliphatic carbocycles. The fourth-order valence-electron chi connectivity index (χ4n) is 2.67. The Bertz CT molecular complexity index is 757. The molecule has 1 aromatic carbocycles. The average Bonchev–Trinajstić information content (AvgIpc) is 2.78. The molecule has 1 heterocycles. The lowest BCUT2D eigenvalue weighted by atomic mass is 10.2.